The summed E-state index contributed by atoms with van der Waals surface area (Å²) in [7, 11) is -0.270. The lowest BCUT2D eigenvalue weighted by molar-refractivity contribution is 0.354. The van der Waals surface area contributed by atoms with Crippen LogP contribution in [0, 0.1) is 5.92 Å². The van der Waals surface area contributed by atoms with E-state index in [2.05, 4.69) is 16.6 Å². The van der Waals surface area contributed by atoms with Crippen LogP contribution in [0.3, 0.4) is 0 Å². The zero-order valence-electron chi connectivity index (χ0n) is 15.0. The van der Waals surface area contributed by atoms with Gasteiger partial charge in [-0.2, -0.15) is 0 Å². The number of benzene rings is 2. The number of hydrogen-bond donors (Lipinski definition) is 1. The third kappa shape index (κ3) is 3.67. The molecule has 2 aromatic carbocycles. The van der Waals surface area contributed by atoms with Crippen LogP contribution in [-0.4, -0.2) is 35.0 Å². The summed E-state index contributed by atoms with van der Waals surface area (Å²) in [4.78, 5) is 4.79. The number of ether oxygens (including phenoxy) is 2. The van der Waals surface area contributed by atoms with Gasteiger partial charge in [-0.1, -0.05) is 25.1 Å². The van der Waals surface area contributed by atoms with Gasteiger partial charge in [0.25, 0.3) is 10.0 Å². The van der Waals surface area contributed by atoms with E-state index in [4.69, 9.17) is 9.47 Å². The second-order valence-corrected chi connectivity index (χ2v) is 7.94. The molecular weight excluding hydrogens is 352 g/mol. The number of amidine groups is 1. The molecule has 0 spiro atoms. The topological polar surface area (TPSA) is 77.0 Å². The highest BCUT2D eigenvalue weighted by Crippen LogP contribution is 2.28. The van der Waals surface area contributed by atoms with Crippen molar-refractivity contribution < 1.29 is 17.9 Å². The first-order valence-corrected chi connectivity index (χ1v) is 9.80. The van der Waals surface area contributed by atoms with Crippen LogP contribution in [0.4, 0.5) is 0 Å². The van der Waals surface area contributed by atoms with Crippen LogP contribution in [0.25, 0.3) is 0 Å². The van der Waals surface area contributed by atoms with Gasteiger partial charge in [0.1, 0.15) is 5.84 Å². The minimum atomic E-state index is -3.49. The molecule has 138 valence electrons. The number of sulfonamides is 1. The van der Waals surface area contributed by atoms with Crippen molar-refractivity contribution in [3.8, 4) is 11.5 Å². The summed E-state index contributed by atoms with van der Waals surface area (Å²) in [5.74, 6) is 2.04. The predicted molar refractivity (Wildman–Crippen MR) is 101 cm³/mol. The Morgan fingerprint density at radius 1 is 1.08 bits per heavy atom. The van der Waals surface area contributed by atoms with Gasteiger partial charge in [0.15, 0.2) is 11.5 Å². The van der Waals surface area contributed by atoms with Crippen molar-refractivity contribution in [2.24, 2.45) is 10.9 Å². The van der Waals surface area contributed by atoms with Gasteiger partial charge >= 0.3 is 0 Å². The Labute approximate surface area is 153 Å². The van der Waals surface area contributed by atoms with E-state index >= 15 is 0 Å². The fraction of sp³-hybridized carbons (Fsp3) is 0.316. The fourth-order valence-electron chi connectivity index (χ4n) is 2.97. The van der Waals surface area contributed by atoms with Crippen molar-refractivity contribution in [3.05, 3.63) is 53.6 Å². The molecule has 1 N–H and O–H groups in total. The Morgan fingerprint density at radius 2 is 1.81 bits per heavy atom. The summed E-state index contributed by atoms with van der Waals surface area (Å²) >= 11 is 0. The Kier molecular flexibility index (Phi) is 5.18. The zero-order valence-corrected chi connectivity index (χ0v) is 15.8. The largest absolute Gasteiger partial charge is 0.493 e. The lowest BCUT2D eigenvalue weighted by atomic mass is 10.0. The smallest absolute Gasteiger partial charge is 0.263 e. The molecule has 0 fully saturated rings. The van der Waals surface area contributed by atoms with Crippen LogP contribution >= 0.6 is 0 Å². The van der Waals surface area contributed by atoms with Gasteiger partial charge in [-0.05, 0) is 42.2 Å². The molecular formula is C19H22N2O4S. The van der Waals surface area contributed by atoms with Crippen molar-refractivity contribution >= 4 is 15.9 Å². The molecule has 1 aliphatic rings. The van der Waals surface area contributed by atoms with Gasteiger partial charge in [-0.15, -0.1) is 0 Å². The number of aliphatic imine (C=N–C) groups is 1. The molecule has 0 amide bonds. The first-order chi connectivity index (χ1) is 12.4. The molecule has 1 atom stereocenters. The molecule has 0 saturated heterocycles. The maximum Gasteiger partial charge on any atom is 0.263 e. The minimum absolute atomic E-state index is 0.234. The number of methoxy groups -OCH3 is 2. The number of nitrogens with one attached hydrogen (secondary N) is 1. The van der Waals surface area contributed by atoms with E-state index in [1.54, 1.807) is 32.4 Å². The quantitative estimate of drug-likeness (QED) is 0.843. The van der Waals surface area contributed by atoms with Crippen LogP contribution in [-0.2, 0) is 16.4 Å². The molecule has 1 unspecified atom stereocenters. The molecule has 7 heteroatoms. The summed E-state index contributed by atoms with van der Waals surface area (Å²) in [6.45, 7) is 2.59. The second kappa shape index (κ2) is 7.37. The Morgan fingerprint density at radius 3 is 2.54 bits per heavy atom. The average molecular weight is 374 g/mol. The molecule has 0 aromatic heterocycles. The Balaban J connectivity index is 1.72. The van der Waals surface area contributed by atoms with Crippen molar-refractivity contribution in [3.63, 3.8) is 0 Å². The van der Waals surface area contributed by atoms with Crippen LogP contribution in [0.1, 0.15) is 18.1 Å². The third-order valence-corrected chi connectivity index (χ3v) is 5.65. The maximum absolute atomic E-state index is 12.1. The first kappa shape index (κ1) is 18.3. The van der Waals surface area contributed by atoms with Crippen molar-refractivity contribution in [2.45, 2.75) is 18.2 Å². The molecule has 26 heavy (non-hydrogen) atoms. The monoisotopic (exact) mass is 374 g/mol. The van der Waals surface area contributed by atoms with Gasteiger partial charge in [0.05, 0.1) is 19.1 Å². The summed E-state index contributed by atoms with van der Waals surface area (Å²) in [6.07, 6.45) is 0.797. The summed E-state index contributed by atoms with van der Waals surface area (Å²) in [5, 5.41) is 0. The van der Waals surface area contributed by atoms with Gasteiger partial charge in [-0.25, -0.2) is 8.42 Å². The normalized spacial score (nSPS) is 17.4. The van der Waals surface area contributed by atoms with Crippen molar-refractivity contribution in [1.82, 2.24) is 4.72 Å². The zero-order chi connectivity index (χ0) is 18.7. The molecule has 1 heterocycles. The lowest BCUT2D eigenvalue weighted by Gasteiger charge is -2.12. The van der Waals surface area contributed by atoms with Crippen molar-refractivity contribution in [1.29, 1.82) is 0 Å². The fourth-order valence-corrected chi connectivity index (χ4v) is 4.22. The van der Waals surface area contributed by atoms with Crippen LogP contribution in [0.15, 0.2) is 52.4 Å². The van der Waals surface area contributed by atoms with E-state index in [9.17, 15) is 8.42 Å². The molecule has 0 aliphatic carbocycles. The minimum Gasteiger partial charge on any atom is -0.493 e. The first-order valence-electron chi connectivity index (χ1n) is 8.32. The molecule has 2 aromatic rings. The average Bonchev–Trinajstić information content (AvgIpc) is 2.91. The number of hydrogen-bond acceptors (Lipinski definition) is 5. The highest BCUT2D eigenvalue weighted by atomic mass is 32.2. The van der Waals surface area contributed by atoms with E-state index in [1.807, 2.05) is 24.3 Å². The van der Waals surface area contributed by atoms with Crippen LogP contribution < -0.4 is 14.2 Å². The lowest BCUT2D eigenvalue weighted by Crippen LogP contribution is -2.23. The Hall–Kier alpha value is -2.54. The molecule has 6 nitrogen and oxygen atoms in total. The molecule has 0 bridgehead atoms. The number of fused-ring (bicyclic) bond motifs is 1. The number of nitrogens with zero attached hydrogens (tertiary/aromatic N) is 1. The Bertz CT molecular complexity index is 938. The van der Waals surface area contributed by atoms with Crippen molar-refractivity contribution in [2.75, 3.05) is 20.8 Å². The second-order valence-electron chi connectivity index (χ2n) is 6.29. The third-order valence-electron chi connectivity index (χ3n) is 4.26. The highest BCUT2D eigenvalue weighted by molar-refractivity contribution is 7.90. The van der Waals surface area contributed by atoms with Crippen LogP contribution in [0.2, 0.25) is 0 Å². The molecule has 1 aliphatic heterocycles. The van der Waals surface area contributed by atoms with Crippen LogP contribution in [0.5, 0.6) is 11.5 Å². The van der Waals surface area contributed by atoms with E-state index < -0.39 is 10.0 Å². The molecule has 0 radical (unpaired) electrons. The van der Waals surface area contributed by atoms with Gasteiger partial charge in [0, 0.05) is 12.1 Å². The predicted octanol–water partition coefficient (Wildman–Crippen LogP) is 2.62. The number of rotatable bonds is 6. The standard InChI is InChI=1S/C19H22N2O4S/c1-13(10-14-8-9-16(24-2)17(11-14)25-3)12-20-19-15-6-4-5-7-18(15)26(22,23)21-19/h4-9,11,13H,10,12H2,1-3H3,(H,20,21). The van der Waals surface area contributed by atoms with E-state index in [-0.39, 0.29) is 10.8 Å². The summed E-state index contributed by atoms with van der Waals surface area (Å²) in [5.41, 5.74) is 1.74. The summed E-state index contributed by atoms with van der Waals surface area (Å²) in [6, 6.07) is 12.7. The SMILES string of the molecule is COc1ccc(CC(C)CN=C2NS(=O)(=O)c3ccccc32)cc1OC. The van der Waals surface area contributed by atoms with Gasteiger partial charge in [0.2, 0.25) is 0 Å². The van der Waals surface area contributed by atoms with Gasteiger partial charge in [-0.3, -0.25) is 9.71 Å². The van der Waals surface area contributed by atoms with E-state index in [0.29, 0.717) is 29.4 Å². The van der Waals surface area contributed by atoms with E-state index in [0.717, 1.165) is 12.0 Å². The van der Waals surface area contributed by atoms with Gasteiger partial charge < -0.3 is 9.47 Å². The summed E-state index contributed by atoms with van der Waals surface area (Å²) < 4.78 is 37.3. The molecule has 0 saturated carbocycles. The molecule has 3 rings (SSSR count). The maximum atomic E-state index is 12.1. The highest BCUT2D eigenvalue weighted by Gasteiger charge is 2.30. The van der Waals surface area contributed by atoms with E-state index in [1.165, 1.54) is 0 Å².